The van der Waals surface area contributed by atoms with Crippen molar-refractivity contribution in [1.29, 1.82) is 0 Å². The van der Waals surface area contributed by atoms with Crippen molar-refractivity contribution >= 4 is 0 Å². The third-order valence-electron chi connectivity index (χ3n) is 1.07. The van der Waals surface area contributed by atoms with Crippen LogP contribution in [0.1, 0.15) is 46.5 Å². The third kappa shape index (κ3) is 63.7. The Bertz CT molecular complexity index is 92.5. The predicted octanol–water partition coefficient (Wildman–Crippen LogP) is 3.26. The van der Waals surface area contributed by atoms with Crippen LogP contribution in [0.25, 0.3) is 0 Å². The van der Waals surface area contributed by atoms with E-state index < -0.39 is 6.29 Å². The molecule has 0 aliphatic heterocycles. The van der Waals surface area contributed by atoms with E-state index in [1.165, 1.54) is 0 Å². The highest BCUT2D eigenvalue weighted by Gasteiger charge is 1.93. The molecular formula is C12H26O2. The van der Waals surface area contributed by atoms with Crippen LogP contribution in [0.5, 0.6) is 0 Å². The first kappa shape index (κ1) is 19.0. The summed E-state index contributed by atoms with van der Waals surface area (Å²) in [6.07, 6.45) is 6.08. The molecule has 2 N–H and O–H groups in total. The molecule has 86 valence electrons. The Hall–Kier alpha value is -0.600. The number of aliphatic hydroxyl groups is 2. The van der Waals surface area contributed by atoms with Crippen molar-refractivity contribution in [3.8, 4) is 0 Å². The van der Waals surface area contributed by atoms with Gasteiger partial charge in [0.1, 0.15) is 0 Å². The lowest BCUT2D eigenvalue weighted by Gasteiger charge is -1.99. The van der Waals surface area contributed by atoms with Crippen molar-refractivity contribution in [2.45, 2.75) is 52.7 Å². The highest BCUT2D eigenvalue weighted by atomic mass is 16.5. The average Bonchev–Trinajstić information content (AvgIpc) is 2.07. The van der Waals surface area contributed by atoms with Gasteiger partial charge in [-0.2, -0.15) is 0 Å². The number of hydrogen-bond donors (Lipinski definition) is 2. The van der Waals surface area contributed by atoms with Gasteiger partial charge in [0, 0.05) is 0 Å². The van der Waals surface area contributed by atoms with Crippen LogP contribution in [0.15, 0.2) is 25.3 Å². The average molecular weight is 202 g/mol. The van der Waals surface area contributed by atoms with Crippen molar-refractivity contribution in [3.63, 3.8) is 0 Å². The first-order chi connectivity index (χ1) is 6.60. The van der Waals surface area contributed by atoms with Gasteiger partial charge in [0.15, 0.2) is 6.29 Å². The van der Waals surface area contributed by atoms with Gasteiger partial charge in [-0.15, -0.1) is 13.2 Å². The van der Waals surface area contributed by atoms with Crippen LogP contribution in [0, 0.1) is 0 Å². The fraction of sp³-hybridized carbons (Fsp3) is 0.667. The molecule has 0 saturated heterocycles. The molecule has 0 aromatic carbocycles. The highest BCUT2D eigenvalue weighted by molar-refractivity contribution is 4.52. The zero-order valence-corrected chi connectivity index (χ0v) is 9.87. The van der Waals surface area contributed by atoms with Gasteiger partial charge in [0.25, 0.3) is 0 Å². The molecule has 0 fully saturated rings. The molecule has 0 saturated carbocycles. The maximum absolute atomic E-state index is 8.33. The first-order valence-electron chi connectivity index (χ1n) is 5.10. The fourth-order valence-electron chi connectivity index (χ4n) is 0.577. The Morgan fingerprint density at radius 1 is 1.07 bits per heavy atom. The van der Waals surface area contributed by atoms with Gasteiger partial charge < -0.3 is 10.2 Å². The van der Waals surface area contributed by atoms with Gasteiger partial charge in [-0.05, 0) is 26.7 Å². The zero-order valence-electron chi connectivity index (χ0n) is 9.87. The maximum Gasteiger partial charge on any atom is 0.151 e. The summed E-state index contributed by atoms with van der Waals surface area (Å²) >= 11 is 0. The molecule has 0 rings (SSSR count). The van der Waals surface area contributed by atoms with Crippen LogP contribution in [-0.4, -0.2) is 16.5 Å². The lowest BCUT2D eigenvalue weighted by atomic mass is 10.2. The molecule has 0 bridgehead atoms. The largest absolute Gasteiger partial charge is 0.368 e. The predicted molar refractivity (Wildman–Crippen MR) is 64.1 cm³/mol. The molecule has 0 radical (unpaired) electrons. The van der Waals surface area contributed by atoms with Gasteiger partial charge in [0.05, 0.1) is 0 Å². The second-order valence-electron chi connectivity index (χ2n) is 2.79. The van der Waals surface area contributed by atoms with Gasteiger partial charge in [-0.25, -0.2) is 0 Å². The standard InChI is InChI=1S/C6H14O2.2C3H6/c1-2-3-4-5-6(7)8;2*1-3-2/h6-8H,2-5H2,1H3;2*3H,1H2,2H3. The van der Waals surface area contributed by atoms with Crippen molar-refractivity contribution in [2.75, 3.05) is 0 Å². The van der Waals surface area contributed by atoms with Crippen molar-refractivity contribution < 1.29 is 10.2 Å². The van der Waals surface area contributed by atoms with Gasteiger partial charge in [0.2, 0.25) is 0 Å². The highest BCUT2D eigenvalue weighted by Crippen LogP contribution is 1.99. The zero-order chi connectivity index (χ0) is 11.8. The minimum Gasteiger partial charge on any atom is -0.368 e. The Balaban J connectivity index is -0.000000168. The summed E-state index contributed by atoms with van der Waals surface area (Å²) in [7, 11) is 0. The second kappa shape index (κ2) is 22.8. The van der Waals surface area contributed by atoms with Gasteiger partial charge in [-0.1, -0.05) is 31.9 Å². The molecular weight excluding hydrogens is 176 g/mol. The summed E-state index contributed by atoms with van der Waals surface area (Å²) in [5.74, 6) is 0. The van der Waals surface area contributed by atoms with E-state index in [1.54, 1.807) is 12.2 Å². The number of unbranched alkanes of at least 4 members (excludes halogenated alkanes) is 2. The van der Waals surface area contributed by atoms with Crippen LogP contribution < -0.4 is 0 Å². The smallest absolute Gasteiger partial charge is 0.151 e. The number of rotatable bonds is 4. The van der Waals surface area contributed by atoms with E-state index in [4.69, 9.17) is 10.2 Å². The molecule has 0 aromatic rings. The number of hydrogen-bond acceptors (Lipinski definition) is 2. The SMILES string of the molecule is C=CC.C=CC.CCCCCC(O)O. The van der Waals surface area contributed by atoms with E-state index in [1.807, 2.05) is 13.8 Å². The maximum atomic E-state index is 8.33. The molecule has 0 unspecified atom stereocenters. The molecule has 0 aliphatic rings. The van der Waals surface area contributed by atoms with Gasteiger partial charge in [-0.3, -0.25) is 0 Å². The molecule has 14 heavy (non-hydrogen) atoms. The topological polar surface area (TPSA) is 40.5 Å². The minimum absolute atomic E-state index is 0.522. The summed E-state index contributed by atoms with van der Waals surface area (Å²) in [4.78, 5) is 0. The van der Waals surface area contributed by atoms with Crippen LogP contribution in [0.4, 0.5) is 0 Å². The Labute approximate surface area is 89.0 Å². The van der Waals surface area contributed by atoms with Crippen molar-refractivity contribution in [3.05, 3.63) is 25.3 Å². The third-order valence-corrected chi connectivity index (χ3v) is 1.07. The van der Waals surface area contributed by atoms with E-state index in [2.05, 4.69) is 20.1 Å². The normalized spacial score (nSPS) is 7.86. The summed E-state index contributed by atoms with van der Waals surface area (Å²) < 4.78 is 0. The molecule has 0 spiro atoms. The fourth-order valence-corrected chi connectivity index (χ4v) is 0.577. The lowest BCUT2D eigenvalue weighted by Crippen LogP contribution is -2.02. The van der Waals surface area contributed by atoms with E-state index in [-0.39, 0.29) is 0 Å². The Morgan fingerprint density at radius 2 is 1.43 bits per heavy atom. The first-order valence-corrected chi connectivity index (χ1v) is 5.10. The molecule has 0 amide bonds. The summed E-state index contributed by atoms with van der Waals surface area (Å²) in [6.45, 7) is 12.6. The van der Waals surface area contributed by atoms with Crippen LogP contribution in [-0.2, 0) is 0 Å². The molecule has 2 nitrogen and oxygen atoms in total. The van der Waals surface area contributed by atoms with Crippen LogP contribution in [0.2, 0.25) is 0 Å². The molecule has 0 aliphatic carbocycles. The number of aliphatic hydroxyl groups excluding tert-OH is 1. The van der Waals surface area contributed by atoms with E-state index in [0.717, 1.165) is 19.3 Å². The summed E-state index contributed by atoms with van der Waals surface area (Å²) in [6, 6.07) is 0. The van der Waals surface area contributed by atoms with E-state index in [0.29, 0.717) is 6.42 Å². The van der Waals surface area contributed by atoms with Crippen molar-refractivity contribution in [1.82, 2.24) is 0 Å². The Kier molecular flexibility index (Phi) is 31.1. The van der Waals surface area contributed by atoms with E-state index in [9.17, 15) is 0 Å². The van der Waals surface area contributed by atoms with Crippen LogP contribution in [0.3, 0.4) is 0 Å². The molecule has 0 aromatic heterocycles. The lowest BCUT2D eigenvalue weighted by molar-refractivity contribution is -0.0465. The summed E-state index contributed by atoms with van der Waals surface area (Å²) in [5.41, 5.74) is 0. The molecule has 0 atom stereocenters. The quantitative estimate of drug-likeness (QED) is 0.417. The summed E-state index contributed by atoms with van der Waals surface area (Å²) in [5, 5.41) is 16.7. The monoisotopic (exact) mass is 202 g/mol. The number of allylic oxidation sites excluding steroid dienone is 2. The van der Waals surface area contributed by atoms with Crippen LogP contribution >= 0.6 is 0 Å². The Morgan fingerprint density at radius 3 is 1.64 bits per heavy atom. The second-order valence-corrected chi connectivity index (χ2v) is 2.79. The van der Waals surface area contributed by atoms with Gasteiger partial charge >= 0.3 is 0 Å². The molecule has 2 heteroatoms. The minimum atomic E-state index is -1.10. The van der Waals surface area contributed by atoms with E-state index >= 15 is 0 Å². The molecule has 0 heterocycles. The van der Waals surface area contributed by atoms with Crippen molar-refractivity contribution in [2.24, 2.45) is 0 Å².